The summed E-state index contributed by atoms with van der Waals surface area (Å²) in [6.45, 7) is 5.07. The predicted octanol–water partition coefficient (Wildman–Crippen LogP) is 5.20. The molecule has 0 radical (unpaired) electrons. The lowest BCUT2D eigenvalue weighted by Gasteiger charge is -2.34. The highest BCUT2D eigenvalue weighted by Gasteiger charge is 2.22. The second-order valence-electron chi connectivity index (χ2n) is 9.51. The van der Waals surface area contributed by atoms with E-state index in [0.717, 1.165) is 92.5 Å². The topological polar surface area (TPSA) is 72.0 Å². The van der Waals surface area contributed by atoms with Gasteiger partial charge >= 0.3 is 5.63 Å². The summed E-state index contributed by atoms with van der Waals surface area (Å²) in [4.78, 5) is 16.9. The third kappa shape index (κ3) is 4.44. The minimum absolute atomic E-state index is 0.242. The molecule has 0 unspecified atom stereocenters. The maximum Gasteiger partial charge on any atom is 0.339 e. The van der Waals surface area contributed by atoms with E-state index >= 15 is 0 Å². The van der Waals surface area contributed by atoms with E-state index in [4.69, 9.17) is 25.3 Å². The van der Waals surface area contributed by atoms with Crippen molar-refractivity contribution in [2.24, 2.45) is 0 Å². The van der Waals surface area contributed by atoms with E-state index in [0.29, 0.717) is 28.5 Å². The van der Waals surface area contributed by atoms with Crippen molar-refractivity contribution in [2.45, 2.75) is 32.1 Å². The van der Waals surface area contributed by atoms with Crippen molar-refractivity contribution in [1.29, 1.82) is 0 Å². The summed E-state index contributed by atoms with van der Waals surface area (Å²) in [6.07, 6.45) is 4.53. The van der Waals surface area contributed by atoms with Crippen LogP contribution in [0.2, 0.25) is 5.02 Å². The number of ether oxygens (including phenoxy) is 1. The molecule has 2 aromatic carbocycles. The van der Waals surface area contributed by atoms with Crippen LogP contribution in [0.5, 0.6) is 5.75 Å². The molecule has 0 saturated carbocycles. The van der Waals surface area contributed by atoms with Crippen LogP contribution in [0.4, 0.5) is 10.2 Å². The maximum atomic E-state index is 13.4. The summed E-state index contributed by atoms with van der Waals surface area (Å²) in [5, 5.41) is 6.47. The van der Waals surface area contributed by atoms with Gasteiger partial charge in [-0.25, -0.2) is 9.18 Å². The van der Waals surface area contributed by atoms with Crippen LogP contribution in [0.15, 0.2) is 44.1 Å². The van der Waals surface area contributed by atoms with Crippen LogP contribution in [0.25, 0.3) is 21.9 Å². The third-order valence-corrected chi connectivity index (χ3v) is 7.53. The summed E-state index contributed by atoms with van der Waals surface area (Å²) in [7, 11) is 0. The third-order valence-electron chi connectivity index (χ3n) is 7.24. The fourth-order valence-corrected chi connectivity index (χ4v) is 5.54. The molecule has 7 nitrogen and oxygen atoms in total. The van der Waals surface area contributed by atoms with Gasteiger partial charge in [0.15, 0.2) is 11.4 Å². The highest BCUT2D eigenvalue weighted by molar-refractivity contribution is 6.32. The van der Waals surface area contributed by atoms with Crippen LogP contribution < -0.4 is 15.3 Å². The molecule has 2 aliphatic rings. The molecule has 3 heterocycles. The molecule has 0 bridgehead atoms. The lowest BCUT2D eigenvalue weighted by molar-refractivity contribution is 0.238. The van der Waals surface area contributed by atoms with Gasteiger partial charge in [-0.15, -0.1) is 0 Å². The minimum atomic E-state index is -0.323. The number of rotatable bonds is 7. The zero-order valence-electron chi connectivity index (χ0n) is 19.9. The van der Waals surface area contributed by atoms with Crippen LogP contribution in [-0.2, 0) is 12.8 Å². The number of hydrogen-bond donors (Lipinski definition) is 0. The Bertz CT molecular complexity index is 1480. The first-order valence-electron chi connectivity index (χ1n) is 12.5. The van der Waals surface area contributed by atoms with Crippen LogP contribution in [0, 0.1) is 5.82 Å². The van der Waals surface area contributed by atoms with Crippen LogP contribution in [-0.4, -0.2) is 49.4 Å². The van der Waals surface area contributed by atoms with E-state index in [2.05, 4.69) is 15.0 Å². The van der Waals surface area contributed by atoms with Gasteiger partial charge in [0, 0.05) is 49.3 Å². The largest absolute Gasteiger partial charge is 0.492 e. The fraction of sp³-hybridized carbons (Fsp3) is 0.407. The number of piperazine rings is 1. The van der Waals surface area contributed by atoms with E-state index in [-0.39, 0.29) is 11.4 Å². The Labute approximate surface area is 212 Å². The molecule has 0 atom stereocenters. The highest BCUT2D eigenvalue weighted by Crippen LogP contribution is 2.35. The molecule has 9 heteroatoms. The summed E-state index contributed by atoms with van der Waals surface area (Å²) in [6, 6.07) is 8.16. The Morgan fingerprint density at radius 1 is 1.00 bits per heavy atom. The smallest absolute Gasteiger partial charge is 0.339 e. The Hall–Kier alpha value is -3.10. The van der Waals surface area contributed by atoms with E-state index in [1.54, 1.807) is 12.1 Å². The number of nitrogens with zero attached hydrogens (tertiary/aromatic N) is 3. The van der Waals surface area contributed by atoms with Gasteiger partial charge in [0.2, 0.25) is 0 Å². The summed E-state index contributed by atoms with van der Waals surface area (Å²) in [5.74, 6) is 1.02. The molecule has 1 fully saturated rings. The van der Waals surface area contributed by atoms with Crippen LogP contribution >= 0.6 is 11.6 Å². The van der Waals surface area contributed by atoms with E-state index in [1.807, 2.05) is 6.07 Å². The monoisotopic (exact) mass is 511 g/mol. The number of aromatic nitrogens is 1. The zero-order valence-corrected chi connectivity index (χ0v) is 20.7. The van der Waals surface area contributed by atoms with E-state index < -0.39 is 0 Å². The first-order valence-corrected chi connectivity index (χ1v) is 12.9. The Balaban J connectivity index is 0.985. The fourth-order valence-electron chi connectivity index (χ4n) is 5.32. The molecule has 36 heavy (non-hydrogen) atoms. The molecule has 0 N–H and O–H groups in total. The maximum absolute atomic E-state index is 13.4. The number of aryl methyl sites for hydroxylation is 1. The molecule has 0 amide bonds. The van der Waals surface area contributed by atoms with Gasteiger partial charge in [0.25, 0.3) is 0 Å². The molecule has 188 valence electrons. The average Bonchev–Trinajstić information content (AvgIpc) is 3.53. The lowest BCUT2D eigenvalue weighted by atomic mass is 10.1. The van der Waals surface area contributed by atoms with Crippen molar-refractivity contribution in [2.75, 3.05) is 44.2 Å². The number of hydrogen-bond acceptors (Lipinski definition) is 7. The molecule has 4 aromatic rings. The van der Waals surface area contributed by atoms with Crippen molar-refractivity contribution in [3.63, 3.8) is 0 Å². The molecular formula is C27H27ClFN3O4. The summed E-state index contributed by atoms with van der Waals surface area (Å²) in [5.41, 5.74) is 2.64. The Kier molecular flexibility index (Phi) is 6.31. The van der Waals surface area contributed by atoms with Gasteiger partial charge in [-0.2, -0.15) is 0 Å². The standard InChI is InChI=1S/C27H27ClFN3O4/c28-22-15-21-18-4-3-5-19(18)27(33)35-23(21)16-25(22)34-13-2-1-8-31-9-11-32(12-10-31)26-20-7-6-17(29)14-24(20)36-30-26/h6-7,14-16H,1-5,8-13H2. The van der Waals surface area contributed by atoms with Gasteiger partial charge < -0.3 is 18.6 Å². The SMILES string of the molecule is O=c1oc2cc(OCCCCN3CCN(c4noc5cc(F)ccc45)CC3)c(Cl)cc2c2c1CCC2. The van der Waals surface area contributed by atoms with E-state index in [1.165, 1.54) is 12.1 Å². The molecule has 0 spiro atoms. The van der Waals surface area contributed by atoms with Crippen molar-refractivity contribution in [1.82, 2.24) is 10.1 Å². The summed E-state index contributed by atoms with van der Waals surface area (Å²) < 4.78 is 30.2. The number of fused-ring (bicyclic) bond motifs is 4. The second-order valence-corrected chi connectivity index (χ2v) is 9.92. The molecule has 6 rings (SSSR count). The Morgan fingerprint density at radius 2 is 1.83 bits per heavy atom. The van der Waals surface area contributed by atoms with Crippen molar-refractivity contribution < 1.29 is 18.1 Å². The average molecular weight is 512 g/mol. The molecule has 1 aliphatic carbocycles. The number of anilines is 1. The predicted molar refractivity (Wildman–Crippen MR) is 137 cm³/mol. The second kappa shape index (κ2) is 9.75. The minimum Gasteiger partial charge on any atom is -0.492 e. The molecule has 1 saturated heterocycles. The van der Waals surface area contributed by atoms with Gasteiger partial charge in [0.05, 0.1) is 17.0 Å². The summed E-state index contributed by atoms with van der Waals surface area (Å²) >= 11 is 6.49. The van der Waals surface area contributed by atoms with Crippen LogP contribution in [0.1, 0.15) is 30.4 Å². The normalized spacial score (nSPS) is 16.2. The quantitative estimate of drug-likeness (QED) is 0.249. The first-order chi connectivity index (χ1) is 17.6. The number of halogens is 2. The Morgan fingerprint density at radius 3 is 2.69 bits per heavy atom. The van der Waals surface area contributed by atoms with Crippen molar-refractivity contribution in [3.8, 4) is 5.75 Å². The molecule has 2 aromatic heterocycles. The first kappa shape index (κ1) is 23.3. The molecule has 1 aliphatic heterocycles. The highest BCUT2D eigenvalue weighted by atomic mass is 35.5. The van der Waals surface area contributed by atoms with Gasteiger partial charge in [0.1, 0.15) is 17.1 Å². The number of benzene rings is 2. The van der Waals surface area contributed by atoms with Crippen molar-refractivity contribution in [3.05, 3.63) is 62.7 Å². The van der Waals surface area contributed by atoms with Gasteiger partial charge in [-0.1, -0.05) is 16.8 Å². The zero-order chi connectivity index (χ0) is 24.6. The van der Waals surface area contributed by atoms with Gasteiger partial charge in [-0.05, 0) is 62.4 Å². The van der Waals surface area contributed by atoms with Gasteiger partial charge in [-0.3, -0.25) is 4.90 Å². The molecular weight excluding hydrogens is 485 g/mol. The van der Waals surface area contributed by atoms with Crippen molar-refractivity contribution >= 4 is 39.4 Å². The number of unbranched alkanes of at least 4 members (excludes halogenated alkanes) is 1. The van der Waals surface area contributed by atoms with E-state index in [9.17, 15) is 9.18 Å². The lowest BCUT2D eigenvalue weighted by Crippen LogP contribution is -2.46. The van der Waals surface area contributed by atoms with Crippen LogP contribution in [0.3, 0.4) is 0 Å².